The van der Waals surface area contributed by atoms with Crippen LogP contribution in [0, 0.1) is 12.3 Å². The van der Waals surface area contributed by atoms with Crippen LogP contribution in [-0.2, 0) is 0 Å². The average Bonchev–Trinajstić information content (AvgIpc) is 2.26. The second-order valence-electron chi connectivity index (χ2n) is 6.04. The Balaban J connectivity index is 2.00. The lowest BCUT2D eigenvalue weighted by atomic mass is 9.75. The zero-order valence-corrected chi connectivity index (χ0v) is 12.6. The van der Waals surface area contributed by atoms with Gasteiger partial charge in [0.05, 0.1) is 0 Å². The molecule has 1 N–H and O–H groups in total. The normalized spacial score (nSPS) is 20.2. The molecule has 0 heterocycles. The van der Waals surface area contributed by atoms with Crippen LogP contribution < -0.4 is 5.32 Å². The van der Waals surface area contributed by atoms with Gasteiger partial charge in [0, 0.05) is 16.2 Å². The second-order valence-corrected chi connectivity index (χ2v) is 6.96. The van der Waals surface area contributed by atoms with E-state index in [-0.39, 0.29) is 0 Å². The van der Waals surface area contributed by atoms with E-state index in [1.807, 2.05) is 0 Å². The van der Waals surface area contributed by atoms with Gasteiger partial charge in [0.2, 0.25) is 0 Å². The Morgan fingerprint density at radius 3 is 2.53 bits per heavy atom. The number of halogens is 1. The molecule has 1 aliphatic carbocycles. The average molecular weight is 296 g/mol. The lowest BCUT2D eigenvalue weighted by Crippen LogP contribution is -2.30. The van der Waals surface area contributed by atoms with Crippen molar-refractivity contribution >= 4 is 21.6 Å². The fourth-order valence-corrected chi connectivity index (χ4v) is 2.87. The molecule has 1 fully saturated rings. The summed E-state index contributed by atoms with van der Waals surface area (Å²) in [5, 5.41) is 3.70. The Kier molecular flexibility index (Phi) is 3.82. The van der Waals surface area contributed by atoms with Crippen LogP contribution in [0.2, 0.25) is 0 Å². The van der Waals surface area contributed by atoms with Gasteiger partial charge >= 0.3 is 0 Å². The third-order valence-electron chi connectivity index (χ3n) is 3.90. The molecular formula is C15H22BrN. The minimum atomic E-state index is 0.546. The number of rotatable bonds is 2. The molecule has 1 aliphatic rings. The first-order valence-corrected chi connectivity index (χ1v) is 7.28. The summed E-state index contributed by atoms with van der Waals surface area (Å²) in [5.74, 6) is 0. The molecule has 17 heavy (non-hydrogen) atoms. The SMILES string of the molecule is Cc1ccc(Br)cc1NC1CCC(C)(C)CC1. The van der Waals surface area contributed by atoms with Crippen LogP contribution in [0.4, 0.5) is 5.69 Å². The number of anilines is 1. The van der Waals surface area contributed by atoms with Gasteiger partial charge in [0.25, 0.3) is 0 Å². The Labute approximate surface area is 113 Å². The van der Waals surface area contributed by atoms with Gasteiger partial charge in [0.1, 0.15) is 0 Å². The topological polar surface area (TPSA) is 12.0 Å². The van der Waals surface area contributed by atoms with E-state index in [9.17, 15) is 0 Å². The Hall–Kier alpha value is -0.500. The third-order valence-corrected chi connectivity index (χ3v) is 4.39. The van der Waals surface area contributed by atoms with E-state index in [0.717, 1.165) is 4.47 Å². The van der Waals surface area contributed by atoms with Crippen molar-refractivity contribution in [1.82, 2.24) is 0 Å². The molecule has 1 nitrogen and oxygen atoms in total. The summed E-state index contributed by atoms with van der Waals surface area (Å²) >= 11 is 3.54. The first-order valence-electron chi connectivity index (χ1n) is 6.49. The highest BCUT2D eigenvalue weighted by Crippen LogP contribution is 2.36. The summed E-state index contributed by atoms with van der Waals surface area (Å²) in [4.78, 5) is 0. The van der Waals surface area contributed by atoms with Crippen LogP contribution in [-0.4, -0.2) is 6.04 Å². The highest BCUT2D eigenvalue weighted by Gasteiger charge is 2.26. The molecule has 0 aliphatic heterocycles. The van der Waals surface area contributed by atoms with E-state index in [1.54, 1.807) is 0 Å². The quantitative estimate of drug-likeness (QED) is 0.797. The molecule has 2 rings (SSSR count). The van der Waals surface area contributed by atoms with Crippen molar-refractivity contribution in [3.8, 4) is 0 Å². The van der Waals surface area contributed by atoms with Crippen LogP contribution in [0.3, 0.4) is 0 Å². The van der Waals surface area contributed by atoms with Crippen LogP contribution in [0.15, 0.2) is 22.7 Å². The molecule has 0 spiro atoms. The first kappa shape index (κ1) is 12.9. The summed E-state index contributed by atoms with van der Waals surface area (Å²) in [5.41, 5.74) is 3.16. The van der Waals surface area contributed by atoms with Gasteiger partial charge in [-0.25, -0.2) is 0 Å². The van der Waals surface area contributed by atoms with E-state index >= 15 is 0 Å². The largest absolute Gasteiger partial charge is 0.382 e. The molecule has 0 radical (unpaired) electrons. The lowest BCUT2D eigenvalue weighted by molar-refractivity contribution is 0.232. The summed E-state index contributed by atoms with van der Waals surface area (Å²) < 4.78 is 1.15. The third kappa shape index (κ3) is 3.48. The number of benzene rings is 1. The van der Waals surface area contributed by atoms with Crippen LogP contribution in [0.25, 0.3) is 0 Å². The summed E-state index contributed by atoms with van der Waals surface area (Å²) in [7, 11) is 0. The fourth-order valence-electron chi connectivity index (χ4n) is 2.51. The van der Waals surface area contributed by atoms with Crippen molar-refractivity contribution in [2.45, 2.75) is 52.5 Å². The van der Waals surface area contributed by atoms with E-state index in [0.29, 0.717) is 11.5 Å². The van der Waals surface area contributed by atoms with Gasteiger partial charge in [-0.05, 0) is 55.7 Å². The van der Waals surface area contributed by atoms with E-state index in [1.165, 1.54) is 36.9 Å². The Morgan fingerprint density at radius 2 is 1.88 bits per heavy atom. The lowest BCUT2D eigenvalue weighted by Gasteiger charge is -2.35. The molecular weight excluding hydrogens is 274 g/mol. The number of aryl methyl sites for hydroxylation is 1. The fraction of sp³-hybridized carbons (Fsp3) is 0.600. The molecule has 1 saturated carbocycles. The summed E-state index contributed by atoms with van der Waals surface area (Å²) in [6.45, 7) is 6.93. The molecule has 1 aromatic rings. The molecule has 0 unspecified atom stereocenters. The summed E-state index contributed by atoms with van der Waals surface area (Å²) in [6.07, 6.45) is 5.24. The smallest absolute Gasteiger partial charge is 0.0383 e. The maximum atomic E-state index is 3.70. The zero-order valence-electron chi connectivity index (χ0n) is 11.0. The maximum Gasteiger partial charge on any atom is 0.0383 e. The minimum absolute atomic E-state index is 0.546. The zero-order chi connectivity index (χ0) is 12.5. The number of nitrogens with one attached hydrogen (secondary N) is 1. The maximum absolute atomic E-state index is 3.70. The summed E-state index contributed by atoms with van der Waals surface area (Å²) in [6, 6.07) is 7.11. The highest BCUT2D eigenvalue weighted by molar-refractivity contribution is 9.10. The predicted molar refractivity (Wildman–Crippen MR) is 78.5 cm³/mol. The molecule has 0 saturated heterocycles. The van der Waals surface area contributed by atoms with E-state index in [2.05, 4.69) is 60.2 Å². The van der Waals surface area contributed by atoms with Crippen molar-refractivity contribution in [2.24, 2.45) is 5.41 Å². The van der Waals surface area contributed by atoms with Crippen molar-refractivity contribution in [2.75, 3.05) is 5.32 Å². The highest BCUT2D eigenvalue weighted by atomic mass is 79.9. The molecule has 0 amide bonds. The van der Waals surface area contributed by atoms with Crippen molar-refractivity contribution in [1.29, 1.82) is 0 Å². The van der Waals surface area contributed by atoms with Gasteiger partial charge in [0.15, 0.2) is 0 Å². The van der Waals surface area contributed by atoms with Gasteiger partial charge in [-0.15, -0.1) is 0 Å². The van der Waals surface area contributed by atoms with Gasteiger partial charge in [-0.2, -0.15) is 0 Å². The minimum Gasteiger partial charge on any atom is -0.382 e. The van der Waals surface area contributed by atoms with Crippen LogP contribution in [0.1, 0.15) is 45.1 Å². The molecule has 1 aromatic carbocycles. The van der Waals surface area contributed by atoms with Crippen molar-refractivity contribution < 1.29 is 0 Å². The van der Waals surface area contributed by atoms with E-state index < -0.39 is 0 Å². The number of hydrogen-bond donors (Lipinski definition) is 1. The molecule has 0 atom stereocenters. The monoisotopic (exact) mass is 295 g/mol. The van der Waals surface area contributed by atoms with Gasteiger partial charge in [-0.3, -0.25) is 0 Å². The molecule has 94 valence electrons. The molecule has 2 heteroatoms. The van der Waals surface area contributed by atoms with Crippen LogP contribution in [0.5, 0.6) is 0 Å². The predicted octanol–water partition coefficient (Wildman–Crippen LogP) is 5.14. The Morgan fingerprint density at radius 1 is 1.24 bits per heavy atom. The number of hydrogen-bond acceptors (Lipinski definition) is 1. The second kappa shape index (κ2) is 5.01. The Bertz CT molecular complexity index is 388. The van der Waals surface area contributed by atoms with Crippen molar-refractivity contribution in [3.05, 3.63) is 28.2 Å². The molecule has 0 aromatic heterocycles. The molecule has 0 bridgehead atoms. The van der Waals surface area contributed by atoms with Crippen molar-refractivity contribution in [3.63, 3.8) is 0 Å². The van der Waals surface area contributed by atoms with Gasteiger partial charge < -0.3 is 5.32 Å². The van der Waals surface area contributed by atoms with Crippen LogP contribution >= 0.6 is 15.9 Å². The first-order chi connectivity index (χ1) is 7.96. The van der Waals surface area contributed by atoms with Gasteiger partial charge in [-0.1, -0.05) is 35.8 Å². The van der Waals surface area contributed by atoms with E-state index in [4.69, 9.17) is 0 Å². The standard InChI is InChI=1S/C15H22BrN/c1-11-4-5-12(16)10-14(11)17-13-6-8-15(2,3)9-7-13/h4-5,10,13,17H,6-9H2,1-3H3.